The summed E-state index contributed by atoms with van der Waals surface area (Å²) in [4.78, 5) is 11.4. The molecule has 3 rings (SSSR count). The van der Waals surface area contributed by atoms with Gasteiger partial charge in [-0.2, -0.15) is 0 Å². The molecule has 0 radical (unpaired) electrons. The molecule has 0 saturated heterocycles. The Morgan fingerprint density at radius 1 is 1.16 bits per heavy atom. The Morgan fingerprint density at radius 2 is 1.88 bits per heavy atom. The number of fused-ring (bicyclic) bond motifs is 1. The first-order chi connectivity index (χ1) is 11.8. The first-order valence-electron chi connectivity index (χ1n) is 7.80. The van der Waals surface area contributed by atoms with Crippen molar-refractivity contribution in [1.29, 1.82) is 0 Å². The van der Waals surface area contributed by atoms with Gasteiger partial charge in [0.15, 0.2) is 0 Å². The van der Waals surface area contributed by atoms with Gasteiger partial charge in [-0.1, -0.05) is 6.07 Å². The molecule has 0 amide bonds. The van der Waals surface area contributed by atoms with Crippen molar-refractivity contribution in [2.24, 2.45) is 0 Å². The lowest BCUT2D eigenvalue weighted by Crippen LogP contribution is -2.30. The second-order valence-corrected chi connectivity index (χ2v) is 7.89. The maximum atomic E-state index is 13.2. The van der Waals surface area contributed by atoms with Crippen molar-refractivity contribution in [3.63, 3.8) is 0 Å². The van der Waals surface area contributed by atoms with Gasteiger partial charge in [0.2, 0.25) is 0 Å². The summed E-state index contributed by atoms with van der Waals surface area (Å²) >= 11 is 0. The molecule has 1 aliphatic heterocycles. The topological polar surface area (TPSA) is 83.9 Å². The molecule has 2 aromatic carbocycles. The summed E-state index contributed by atoms with van der Waals surface area (Å²) in [5, 5.41) is 9.31. The van der Waals surface area contributed by atoms with E-state index in [0.717, 1.165) is 5.56 Å². The molecule has 1 aliphatic rings. The molecule has 0 spiro atoms. The predicted octanol–water partition coefficient (Wildman–Crippen LogP) is 2.76. The number of ether oxygens (including phenoxy) is 1. The largest absolute Gasteiger partial charge is 0.497 e. The van der Waals surface area contributed by atoms with Gasteiger partial charge < -0.3 is 9.84 Å². The number of hydrogen-bond donors (Lipinski definition) is 1. The maximum absolute atomic E-state index is 13.2. The Bertz CT molecular complexity index is 966. The van der Waals surface area contributed by atoms with Gasteiger partial charge in [0.25, 0.3) is 10.0 Å². The molecule has 132 valence electrons. The average Bonchev–Trinajstić information content (AvgIpc) is 2.97. The van der Waals surface area contributed by atoms with Crippen LogP contribution in [-0.4, -0.2) is 33.1 Å². The van der Waals surface area contributed by atoms with E-state index in [1.807, 2.05) is 6.07 Å². The highest BCUT2D eigenvalue weighted by Crippen LogP contribution is 2.36. The fourth-order valence-corrected chi connectivity index (χ4v) is 4.92. The van der Waals surface area contributed by atoms with Crippen LogP contribution in [0.5, 0.6) is 5.75 Å². The number of carboxylic acid groups (broad SMARTS) is 1. The number of aryl methyl sites for hydroxylation is 2. The van der Waals surface area contributed by atoms with Crippen molar-refractivity contribution in [2.45, 2.75) is 25.2 Å². The number of aromatic carboxylic acids is 1. The van der Waals surface area contributed by atoms with Gasteiger partial charge in [-0.25, -0.2) is 13.2 Å². The third-order valence-electron chi connectivity index (χ3n) is 4.46. The normalized spacial score (nSPS) is 13.6. The van der Waals surface area contributed by atoms with E-state index in [4.69, 9.17) is 4.74 Å². The highest BCUT2D eigenvalue weighted by molar-refractivity contribution is 7.93. The van der Waals surface area contributed by atoms with E-state index >= 15 is 0 Å². The third kappa shape index (κ3) is 2.84. The zero-order valence-electron chi connectivity index (χ0n) is 14.2. The molecular formula is C18H19NO5S. The van der Waals surface area contributed by atoms with Crippen LogP contribution in [0.25, 0.3) is 0 Å². The van der Waals surface area contributed by atoms with Crippen LogP contribution in [0, 0.1) is 13.8 Å². The van der Waals surface area contributed by atoms with Gasteiger partial charge in [-0.3, -0.25) is 4.31 Å². The van der Waals surface area contributed by atoms with Crippen molar-refractivity contribution in [1.82, 2.24) is 0 Å². The lowest BCUT2D eigenvalue weighted by molar-refractivity contribution is 0.0696. The third-order valence-corrected chi connectivity index (χ3v) is 6.42. The van der Waals surface area contributed by atoms with E-state index in [-0.39, 0.29) is 10.5 Å². The monoisotopic (exact) mass is 361 g/mol. The molecule has 0 aliphatic carbocycles. The number of hydrogen-bond acceptors (Lipinski definition) is 4. The quantitative estimate of drug-likeness (QED) is 0.905. The molecular weight excluding hydrogens is 342 g/mol. The zero-order chi connectivity index (χ0) is 18.4. The molecule has 0 fully saturated rings. The predicted molar refractivity (Wildman–Crippen MR) is 94.1 cm³/mol. The number of carboxylic acids is 1. The number of carbonyl (C=O) groups is 1. The number of anilines is 1. The van der Waals surface area contributed by atoms with E-state index in [2.05, 4.69) is 0 Å². The van der Waals surface area contributed by atoms with Crippen LogP contribution < -0.4 is 9.04 Å². The Morgan fingerprint density at radius 3 is 2.52 bits per heavy atom. The molecule has 2 aromatic rings. The van der Waals surface area contributed by atoms with Gasteiger partial charge in [-0.05, 0) is 61.2 Å². The van der Waals surface area contributed by atoms with Crippen molar-refractivity contribution in [2.75, 3.05) is 18.0 Å². The summed E-state index contributed by atoms with van der Waals surface area (Å²) in [6.07, 6.45) is 0.586. The molecule has 25 heavy (non-hydrogen) atoms. The van der Waals surface area contributed by atoms with Gasteiger partial charge in [-0.15, -0.1) is 0 Å². The van der Waals surface area contributed by atoms with Gasteiger partial charge in [0.05, 0.1) is 23.3 Å². The van der Waals surface area contributed by atoms with Crippen molar-refractivity contribution >= 4 is 21.7 Å². The lowest BCUT2D eigenvalue weighted by Gasteiger charge is -2.21. The van der Waals surface area contributed by atoms with Gasteiger partial charge >= 0.3 is 5.97 Å². The zero-order valence-corrected chi connectivity index (χ0v) is 15.1. The second-order valence-electron chi connectivity index (χ2n) is 6.06. The van der Waals surface area contributed by atoms with Crippen LogP contribution in [0.15, 0.2) is 35.2 Å². The molecule has 0 bridgehead atoms. The Hall–Kier alpha value is -2.54. The summed E-state index contributed by atoms with van der Waals surface area (Å²) in [7, 11) is -2.28. The van der Waals surface area contributed by atoms with Crippen LogP contribution in [0.3, 0.4) is 0 Å². The minimum atomic E-state index is -3.85. The maximum Gasteiger partial charge on any atom is 0.335 e. The first kappa shape index (κ1) is 17.3. The SMILES string of the molecule is COc1ccc2c(c1)CCN2S(=O)(=O)c1cc(C(=O)O)c(C)cc1C. The molecule has 1 heterocycles. The summed E-state index contributed by atoms with van der Waals surface area (Å²) < 4.78 is 32.8. The summed E-state index contributed by atoms with van der Waals surface area (Å²) in [6.45, 7) is 3.65. The fourth-order valence-electron chi connectivity index (χ4n) is 3.18. The molecule has 6 nitrogen and oxygen atoms in total. The van der Waals surface area contributed by atoms with Crippen molar-refractivity contribution in [3.8, 4) is 5.75 Å². The van der Waals surface area contributed by atoms with Crippen LogP contribution in [0.2, 0.25) is 0 Å². The summed E-state index contributed by atoms with van der Waals surface area (Å²) in [5.74, 6) is -0.460. The van der Waals surface area contributed by atoms with E-state index in [1.54, 1.807) is 39.2 Å². The lowest BCUT2D eigenvalue weighted by atomic mass is 10.1. The van der Waals surface area contributed by atoms with Crippen LogP contribution in [0.4, 0.5) is 5.69 Å². The smallest absolute Gasteiger partial charge is 0.335 e. The molecule has 7 heteroatoms. The standard InChI is InChI=1S/C18H19NO5S/c1-11-8-12(2)17(10-15(11)18(20)21)25(22,23)19-7-6-13-9-14(24-3)4-5-16(13)19/h4-5,8-10H,6-7H2,1-3H3,(H,20,21). The minimum absolute atomic E-state index is 0.00155. The van der Waals surface area contributed by atoms with Crippen LogP contribution in [-0.2, 0) is 16.4 Å². The van der Waals surface area contributed by atoms with Gasteiger partial charge in [0.1, 0.15) is 5.75 Å². The number of rotatable bonds is 4. The first-order valence-corrected chi connectivity index (χ1v) is 9.24. The Kier molecular flexibility index (Phi) is 4.20. The molecule has 0 atom stereocenters. The number of nitrogens with zero attached hydrogens (tertiary/aromatic N) is 1. The summed E-state index contributed by atoms with van der Waals surface area (Å²) in [6, 6.07) is 8.12. The fraction of sp³-hybridized carbons (Fsp3) is 0.278. The van der Waals surface area contributed by atoms with E-state index in [1.165, 1.54) is 10.4 Å². The highest BCUT2D eigenvalue weighted by atomic mass is 32.2. The molecule has 0 saturated carbocycles. The number of sulfonamides is 1. The average molecular weight is 361 g/mol. The molecule has 1 N–H and O–H groups in total. The molecule has 0 unspecified atom stereocenters. The van der Waals surface area contributed by atoms with E-state index < -0.39 is 16.0 Å². The van der Waals surface area contributed by atoms with Crippen LogP contribution in [0.1, 0.15) is 27.0 Å². The highest BCUT2D eigenvalue weighted by Gasteiger charge is 2.33. The minimum Gasteiger partial charge on any atom is -0.497 e. The number of benzene rings is 2. The van der Waals surface area contributed by atoms with E-state index in [9.17, 15) is 18.3 Å². The van der Waals surface area contributed by atoms with Gasteiger partial charge in [0, 0.05) is 6.54 Å². The summed E-state index contributed by atoms with van der Waals surface area (Å²) in [5.41, 5.74) is 2.57. The van der Waals surface area contributed by atoms with Crippen LogP contribution >= 0.6 is 0 Å². The van der Waals surface area contributed by atoms with Crippen molar-refractivity contribution in [3.05, 3.63) is 52.6 Å². The Labute approximate surface area is 146 Å². The molecule has 0 aromatic heterocycles. The second kappa shape index (κ2) is 6.07. The number of methoxy groups -OCH3 is 1. The van der Waals surface area contributed by atoms with Crippen molar-refractivity contribution < 1.29 is 23.1 Å². The Balaban J connectivity index is 2.11. The van der Waals surface area contributed by atoms with E-state index in [0.29, 0.717) is 35.5 Å².